The van der Waals surface area contributed by atoms with E-state index < -0.39 is 0 Å². The molecule has 2 heterocycles. The van der Waals surface area contributed by atoms with E-state index in [1.807, 2.05) is 13.8 Å². The molecule has 0 radical (unpaired) electrons. The second-order valence-electron chi connectivity index (χ2n) is 3.69. The maximum Gasteiger partial charge on any atom is 0.148 e. The highest BCUT2D eigenvalue weighted by molar-refractivity contribution is 5.48. The molecule has 0 amide bonds. The van der Waals surface area contributed by atoms with Crippen molar-refractivity contribution in [1.82, 2.24) is 9.38 Å². The van der Waals surface area contributed by atoms with E-state index in [-0.39, 0.29) is 11.7 Å². The first-order valence-corrected chi connectivity index (χ1v) is 4.71. The molecule has 0 N–H and O–H groups in total. The van der Waals surface area contributed by atoms with E-state index in [1.54, 1.807) is 6.07 Å². The van der Waals surface area contributed by atoms with Crippen LogP contribution in [-0.2, 0) is 0 Å². The fourth-order valence-electron chi connectivity index (χ4n) is 1.55. The van der Waals surface area contributed by atoms with Crippen LogP contribution < -0.4 is 0 Å². The average Bonchev–Trinajstić information content (AvgIpc) is 2.55. The second-order valence-corrected chi connectivity index (χ2v) is 3.69. The Bertz CT molecular complexity index is 549. The van der Waals surface area contributed by atoms with Crippen LogP contribution in [0.15, 0.2) is 18.3 Å². The largest absolute Gasteiger partial charge is 0.288 e. The number of fused-ring (bicyclic) bond motifs is 1. The van der Waals surface area contributed by atoms with Crippen LogP contribution in [0.5, 0.6) is 0 Å². The third kappa shape index (κ3) is 1.46. The highest BCUT2D eigenvalue weighted by Gasteiger charge is 2.14. The lowest BCUT2D eigenvalue weighted by Crippen LogP contribution is -1.94. The fraction of sp³-hybridized carbons (Fsp3) is 0.273. The Morgan fingerprint density at radius 2 is 2.20 bits per heavy atom. The van der Waals surface area contributed by atoms with Crippen molar-refractivity contribution in [2.24, 2.45) is 0 Å². The van der Waals surface area contributed by atoms with Crippen LogP contribution in [0.25, 0.3) is 5.65 Å². The lowest BCUT2D eigenvalue weighted by atomic mass is 10.1. The quantitative estimate of drug-likeness (QED) is 0.714. The first-order chi connectivity index (χ1) is 7.13. The zero-order valence-corrected chi connectivity index (χ0v) is 8.53. The van der Waals surface area contributed by atoms with Gasteiger partial charge in [-0.15, -0.1) is 0 Å². The van der Waals surface area contributed by atoms with E-state index in [0.29, 0.717) is 17.0 Å². The Morgan fingerprint density at radius 1 is 1.47 bits per heavy atom. The van der Waals surface area contributed by atoms with E-state index in [4.69, 9.17) is 5.26 Å². The molecule has 0 aliphatic heterocycles. The molecule has 76 valence electrons. The number of aromatic nitrogens is 2. The lowest BCUT2D eigenvalue weighted by Gasteiger charge is -1.98. The molecule has 2 aromatic rings. The molecule has 2 rings (SSSR count). The number of halogens is 1. The van der Waals surface area contributed by atoms with Crippen molar-refractivity contribution in [3.63, 3.8) is 0 Å². The maximum absolute atomic E-state index is 13.0. The van der Waals surface area contributed by atoms with Gasteiger partial charge in [0.05, 0.1) is 5.69 Å². The Balaban J connectivity index is 2.81. The smallest absolute Gasteiger partial charge is 0.148 e. The molecular weight excluding hydrogens is 193 g/mol. The topological polar surface area (TPSA) is 41.1 Å². The van der Waals surface area contributed by atoms with E-state index in [9.17, 15) is 4.39 Å². The van der Waals surface area contributed by atoms with E-state index >= 15 is 0 Å². The summed E-state index contributed by atoms with van der Waals surface area (Å²) >= 11 is 0. The summed E-state index contributed by atoms with van der Waals surface area (Å²) in [5.74, 6) is -0.214. The summed E-state index contributed by atoms with van der Waals surface area (Å²) < 4.78 is 14.5. The highest BCUT2D eigenvalue weighted by Crippen LogP contribution is 2.20. The number of hydrogen-bond acceptors (Lipinski definition) is 2. The van der Waals surface area contributed by atoms with Gasteiger partial charge in [0.2, 0.25) is 0 Å². The summed E-state index contributed by atoms with van der Waals surface area (Å²) in [7, 11) is 0. The summed E-state index contributed by atoms with van der Waals surface area (Å²) in [6.07, 6.45) is 1.28. The molecule has 15 heavy (non-hydrogen) atoms. The molecule has 3 nitrogen and oxygen atoms in total. The monoisotopic (exact) mass is 203 g/mol. The van der Waals surface area contributed by atoms with Gasteiger partial charge < -0.3 is 0 Å². The van der Waals surface area contributed by atoms with Crippen LogP contribution in [0.4, 0.5) is 4.39 Å². The average molecular weight is 203 g/mol. The zero-order valence-electron chi connectivity index (χ0n) is 8.53. The molecule has 4 heteroatoms. The fourth-order valence-corrected chi connectivity index (χ4v) is 1.55. The van der Waals surface area contributed by atoms with Gasteiger partial charge in [0, 0.05) is 6.20 Å². The molecule has 0 aliphatic carbocycles. The molecular formula is C11H10FN3. The first-order valence-electron chi connectivity index (χ1n) is 4.71. The second kappa shape index (κ2) is 3.35. The predicted octanol–water partition coefficient (Wildman–Crippen LogP) is 2.47. The molecule has 0 unspecified atom stereocenters. The van der Waals surface area contributed by atoms with Crippen molar-refractivity contribution in [2.45, 2.75) is 19.8 Å². The Kier molecular flexibility index (Phi) is 2.16. The third-order valence-corrected chi connectivity index (χ3v) is 2.26. The van der Waals surface area contributed by atoms with Crippen LogP contribution in [0, 0.1) is 17.1 Å². The van der Waals surface area contributed by atoms with Gasteiger partial charge in [-0.1, -0.05) is 13.8 Å². The van der Waals surface area contributed by atoms with Gasteiger partial charge in [0.1, 0.15) is 23.2 Å². The first kappa shape index (κ1) is 9.66. The molecule has 0 aromatic carbocycles. The molecule has 2 aromatic heterocycles. The lowest BCUT2D eigenvalue weighted by molar-refractivity contribution is 0.619. The van der Waals surface area contributed by atoms with Crippen LogP contribution >= 0.6 is 0 Å². The van der Waals surface area contributed by atoms with E-state index in [2.05, 4.69) is 11.1 Å². The zero-order chi connectivity index (χ0) is 11.0. The predicted molar refractivity (Wildman–Crippen MR) is 54.0 cm³/mol. The Morgan fingerprint density at radius 3 is 2.80 bits per heavy atom. The Labute approximate surface area is 86.8 Å². The minimum absolute atomic E-state index is 0.155. The number of rotatable bonds is 1. The molecule has 0 bridgehead atoms. The summed E-state index contributed by atoms with van der Waals surface area (Å²) in [4.78, 5) is 4.30. The summed E-state index contributed by atoms with van der Waals surface area (Å²) in [6.45, 7) is 3.91. The third-order valence-electron chi connectivity index (χ3n) is 2.26. The maximum atomic E-state index is 13.0. The molecule has 0 aliphatic rings. The molecule has 0 atom stereocenters. The number of hydrogen-bond donors (Lipinski definition) is 0. The number of imidazole rings is 1. The molecule has 0 saturated carbocycles. The van der Waals surface area contributed by atoms with Gasteiger partial charge in [-0.3, -0.25) is 4.40 Å². The number of pyridine rings is 1. The minimum atomic E-state index is -0.369. The van der Waals surface area contributed by atoms with Gasteiger partial charge in [0.25, 0.3) is 0 Å². The van der Waals surface area contributed by atoms with Crippen LogP contribution in [0.1, 0.15) is 31.2 Å². The van der Waals surface area contributed by atoms with Crippen LogP contribution in [0.2, 0.25) is 0 Å². The van der Waals surface area contributed by atoms with E-state index in [1.165, 1.54) is 16.7 Å². The normalized spacial score (nSPS) is 10.9. The molecule has 0 fully saturated rings. The van der Waals surface area contributed by atoms with Crippen LogP contribution in [0.3, 0.4) is 0 Å². The number of nitrogens with zero attached hydrogens (tertiary/aromatic N) is 3. The summed E-state index contributed by atoms with van der Waals surface area (Å²) in [5.41, 5.74) is 1.74. The van der Waals surface area contributed by atoms with Crippen LogP contribution in [-0.4, -0.2) is 9.38 Å². The van der Waals surface area contributed by atoms with Crippen molar-refractivity contribution in [1.29, 1.82) is 5.26 Å². The number of nitriles is 1. The van der Waals surface area contributed by atoms with Crippen molar-refractivity contribution < 1.29 is 4.39 Å². The highest BCUT2D eigenvalue weighted by atomic mass is 19.1. The standard InChI is InChI=1S/C11H10FN3/c1-7(2)11-9(5-13)15-6-8(12)3-4-10(15)14-11/h3-4,6-7H,1-2H3. The Hall–Kier alpha value is -1.89. The van der Waals surface area contributed by atoms with Crippen molar-refractivity contribution in [3.05, 3.63) is 35.5 Å². The van der Waals surface area contributed by atoms with Gasteiger partial charge in [0.15, 0.2) is 0 Å². The van der Waals surface area contributed by atoms with Gasteiger partial charge in [-0.05, 0) is 18.1 Å². The van der Waals surface area contributed by atoms with Gasteiger partial charge >= 0.3 is 0 Å². The van der Waals surface area contributed by atoms with Gasteiger partial charge in [-0.2, -0.15) is 5.26 Å². The summed E-state index contributed by atoms with van der Waals surface area (Å²) in [6, 6.07) is 4.97. The van der Waals surface area contributed by atoms with E-state index in [0.717, 1.165) is 0 Å². The van der Waals surface area contributed by atoms with Crippen molar-refractivity contribution in [2.75, 3.05) is 0 Å². The molecule has 0 spiro atoms. The molecule has 0 saturated heterocycles. The summed E-state index contributed by atoms with van der Waals surface area (Å²) in [5, 5.41) is 9.01. The van der Waals surface area contributed by atoms with Gasteiger partial charge in [-0.25, -0.2) is 9.37 Å². The van der Waals surface area contributed by atoms with Crippen molar-refractivity contribution in [3.8, 4) is 6.07 Å². The van der Waals surface area contributed by atoms with Crippen molar-refractivity contribution >= 4 is 5.65 Å². The SMILES string of the molecule is CC(C)c1nc2ccc(F)cn2c1C#N. The minimum Gasteiger partial charge on any atom is -0.288 e.